The third-order valence-electron chi connectivity index (χ3n) is 3.45. The van der Waals surface area contributed by atoms with Crippen molar-refractivity contribution in [3.8, 4) is 0 Å². The fourth-order valence-electron chi connectivity index (χ4n) is 2.35. The zero-order valence-corrected chi connectivity index (χ0v) is 6.66. The lowest BCUT2D eigenvalue weighted by atomic mass is 9.92. The number of hydrogen-bond donors (Lipinski definition) is 1. The minimum atomic E-state index is -2.37. The van der Waals surface area contributed by atoms with Crippen LogP contribution in [-0.4, -0.2) is 19.0 Å². The molecule has 1 saturated carbocycles. The minimum Gasteiger partial charge on any atom is -0.317 e. The second-order valence-corrected chi connectivity index (χ2v) is 3.75. The van der Waals surface area contributed by atoms with E-state index in [1.165, 1.54) is 0 Å². The average Bonchev–Trinajstić information content (AvgIpc) is 2.39. The van der Waals surface area contributed by atoms with E-state index in [1.54, 1.807) is 6.92 Å². The Kier molecular flexibility index (Phi) is 1.32. The Morgan fingerprint density at radius 1 is 1.27 bits per heavy atom. The summed E-state index contributed by atoms with van der Waals surface area (Å²) in [6.07, 6.45) is 1.31. The van der Waals surface area contributed by atoms with E-state index < -0.39 is 11.3 Å². The molecule has 2 aliphatic rings. The predicted octanol–water partition coefficient (Wildman–Crippen LogP) is 1.64. The van der Waals surface area contributed by atoms with Crippen LogP contribution in [0.1, 0.15) is 19.8 Å². The van der Waals surface area contributed by atoms with Gasteiger partial charge in [0, 0.05) is 11.3 Å². The Balaban J connectivity index is 2.13. The lowest BCUT2D eigenvalue weighted by Crippen LogP contribution is -2.32. The molecule has 1 N–H and O–H groups in total. The van der Waals surface area contributed by atoms with Gasteiger partial charge >= 0.3 is 0 Å². The predicted molar refractivity (Wildman–Crippen MR) is 38.6 cm³/mol. The van der Waals surface area contributed by atoms with Crippen molar-refractivity contribution in [3.63, 3.8) is 0 Å². The molecule has 1 spiro atoms. The van der Waals surface area contributed by atoms with E-state index in [1.807, 2.05) is 0 Å². The standard InChI is InChI=1S/C8H13F2N/c1-6-7(8(6,9)10)2-4-11-5-3-7/h6,11H,2-5H2,1H3/t6-/m0/s1. The van der Waals surface area contributed by atoms with Crippen molar-refractivity contribution in [3.05, 3.63) is 0 Å². The van der Waals surface area contributed by atoms with Crippen molar-refractivity contribution in [1.82, 2.24) is 5.32 Å². The summed E-state index contributed by atoms with van der Waals surface area (Å²) in [5.74, 6) is -2.74. The summed E-state index contributed by atoms with van der Waals surface area (Å²) >= 11 is 0. The van der Waals surface area contributed by atoms with Gasteiger partial charge in [-0.05, 0) is 25.9 Å². The molecule has 11 heavy (non-hydrogen) atoms. The molecule has 1 saturated heterocycles. The second kappa shape index (κ2) is 1.94. The van der Waals surface area contributed by atoms with E-state index in [-0.39, 0.29) is 5.92 Å². The SMILES string of the molecule is C[C@@H]1C(F)(F)C12CCNCC2. The fraction of sp³-hybridized carbons (Fsp3) is 1.00. The summed E-state index contributed by atoms with van der Waals surface area (Å²) in [6.45, 7) is 3.20. The van der Waals surface area contributed by atoms with Crippen molar-refractivity contribution >= 4 is 0 Å². The van der Waals surface area contributed by atoms with Crippen LogP contribution in [0.2, 0.25) is 0 Å². The van der Waals surface area contributed by atoms with E-state index in [4.69, 9.17) is 0 Å². The molecule has 1 atom stereocenters. The molecule has 1 nitrogen and oxygen atoms in total. The summed E-state index contributed by atoms with van der Waals surface area (Å²) in [5, 5.41) is 3.11. The van der Waals surface area contributed by atoms with Gasteiger partial charge in [0.05, 0.1) is 0 Å². The highest BCUT2D eigenvalue weighted by molar-refractivity contribution is 5.17. The van der Waals surface area contributed by atoms with Crippen LogP contribution < -0.4 is 5.32 Å². The molecule has 0 aromatic heterocycles. The molecule has 2 fully saturated rings. The number of alkyl halides is 2. The van der Waals surface area contributed by atoms with Gasteiger partial charge in [0.1, 0.15) is 0 Å². The van der Waals surface area contributed by atoms with E-state index in [2.05, 4.69) is 5.32 Å². The quantitative estimate of drug-likeness (QED) is 0.569. The highest BCUT2D eigenvalue weighted by Gasteiger charge is 2.77. The Morgan fingerprint density at radius 2 is 1.73 bits per heavy atom. The monoisotopic (exact) mass is 161 g/mol. The smallest absolute Gasteiger partial charge is 0.257 e. The maximum absolute atomic E-state index is 13.0. The maximum atomic E-state index is 13.0. The number of rotatable bonds is 0. The zero-order chi connectivity index (χ0) is 8.11. The summed E-state index contributed by atoms with van der Waals surface area (Å²) in [4.78, 5) is 0. The Morgan fingerprint density at radius 3 is 2.00 bits per heavy atom. The zero-order valence-electron chi connectivity index (χ0n) is 6.66. The lowest BCUT2D eigenvalue weighted by Gasteiger charge is -2.22. The Labute approximate surface area is 65.2 Å². The molecule has 0 aromatic rings. The van der Waals surface area contributed by atoms with Gasteiger partial charge in [-0.25, -0.2) is 8.78 Å². The fourth-order valence-corrected chi connectivity index (χ4v) is 2.35. The van der Waals surface area contributed by atoms with Crippen LogP contribution in [0.15, 0.2) is 0 Å². The van der Waals surface area contributed by atoms with Gasteiger partial charge in [0.15, 0.2) is 0 Å². The number of hydrogen-bond acceptors (Lipinski definition) is 1. The summed E-state index contributed by atoms with van der Waals surface area (Å²) in [7, 11) is 0. The number of piperidine rings is 1. The maximum Gasteiger partial charge on any atom is 0.257 e. The first-order chi connectivity index (χ1) is 5.11. The van der Waals surface area contributed by atoms with Crippen LogP contribution in [0, 0.1) is 11.3 Å². The molecule has 1 heterocycles. The van der Waals surface area contributed by atoms with E-state index in [0.717, 1.165) is 13.1 Å². The molecule has 3 heteroatoms. The Bertz CT molecular complexity index is 173. The lowest BCUT2D eigenvalue weighted by molar-refractivity contribution is 0.0471. The van der Waals surface area contributed by atoms with Gasteiger partial charge < -0.3 is 5.32 Å². The molecule has 0 aromatic carbocycles. The topological polar surface area (TPSA) is 12.0 Å². The van der Waals surface area contributed by atoms with Crippen LogP contribution in [-0.2, 0) is 0 Å². The molecule has 0 unspecified atom stereocenters. The highest BCUT2D eigenvalue weighted by Crippen LogP contribution is 2.69. The van der Waals surface area contributed by atoms with Crippen LogP contribution in [0.4, 0.5) is 8.78 Å². The molecule has 1 aliphatic carbocycles. The molecule has 0 amide bonds. The number of halogens is 2. The van der Waals surface area contributed by atoms with Crippen LogP contribution in [0.3, 0.4) is 0 Å². The Hall–Kier alpha value is -0.180. The van der Waals surface area contributed by atoms with Crippen LogP contribution in [0.5, 0.6) is 0 Å². The van der Waals surface area contributed by atoms with Crippen molar-refractivity contribution in [2.45, 2.75) is 25.7 Å². The largest absolute Gasteiger partial charge is 0.317 e. The molecule has 0 bridgehead atoms. The van der Waals surface area contributed by atoms with E-state index in [9.17, 15) is 8.78 Å². The summed E-state index contributed by atoms with van der Waals surface area (Å²) in [6, 6.07) is 0. The van der Waals surface area contributed by atoms with Gasteiger partial charge in [0.25, 0.3) is 5.92 Å². The normalized spacial score (nSPS) is 39.0. The molecule has 0 radical (unpaired) electrons. The van der Waals surface area contributed by atoms with Gasteiger partial charge in [-0.15, -0.1) is 0 Å². The average molecular weight is 161 g/mol. The first kappa shape index (κ1) is 7.47. The summed E-state index contributed by atoms with van der Waals surface area (Å²) < 4.78 is 26.1. The van der Waals surface area contributed by atoms with Crippen LogP contribution >= 0.6 is 0 Å². The third kappa shape index (κ3) is 0.723. The first-order valence-electron chi connectivity index (χ1n) is 4.20. The minimum absolute atomic E-state index is 0.378. The van der Waals surface area contributed by atoms with E-state index >= 15 is 0 Å². The molecule has 64 valence electrons. The van der Waals surface area contributed by atoms with E-state index in [0.29, 0.717) is 12.8 Å². The van der Waals surface area contributed by atoms with Crippen molar-refractivity contribution in [2.24, 2.45) is 11.3 Å². The molecular formula is C8H13F2N. The van der Waals surface area contributed by atoms with Crippen LogP contribution in [0.25, 0.3) is 0 Å². The van der Waals surface area contributed by atoms with Crippen molar-refractivity contribution < 1.29 is 8.78 Å². The molecular weight excluding hydrogens is 148 g/mol. The number of nitrogens with one attached hydrogen (secondary N) is 1. The highest BCUT2D eigenvalue weighted by atomic mass is 19.3. The third-order valence-corrected chi connectivity index (χ3v) is 3.45. The van der Waals surface area contributed by atoms with Gasteiger partial charge in [-0.3, -0.25) is 0 Å². The van der Waals surface area contributed by atoms with Gasteiger partial charge in [0.2, 0.25) is 0 Å². The van der Waals surface area contributed by atoms with Gasteiger partial charge in [-0.2, -0.15) is 0 Å². The van der Waals surface area contributed by atoms with Crippen molar-refractivity contribution in [1.29, 1.82) is 0 Å². The second-order valence-electron chi connectivity index (χ2n) is 3.75. The summed E-state index contributed by atoms with van der Waals surface area (Å²) in [5.41, 5.74) is -0.613. The molecule has 1 aliphatic heterocycles. The van der Waals surface area contributed by atoms with Crippen molar-refractivity contribution in [2.75, 3.05) is 13.1 Å². The van der Waals surface area contributed by atoms with Gasteiger partial charge in [-0.1, -0.05) is 6.92 Å². The first-order valence-corrected chi connectivity index (χ1v) is 4.20. The molecule has 2 rings (SSSR count).